The van der Waals surface area contributed by atoms with Crippen LogP contribution in [-0.4, -0.2) is 135 Å². The Bertz CT molecular complexity index is 1620. The van der Waals surface area contributed by atoms with E-state index >= 15 is 0 Å². The van der Waals surface area contributed by atoms with E-state index in [2.05, 4.69) is 0 Å². The monoisotopic (exact) mass is 1090 g/mol. The summed E-state index contributed by atoms with van der Waals surface area (Å²) >= 11 is 0. The Hall–Kier alpha value is -2.50. The van der Waals surface area contributed by atoms with Crippen LogP contribution in [0.25, 0.3) is 0 Å². The molecule has 0 unspecified atom stereocenters. The first kappa shape index (κ1) is 63.5. The van der Waals surface area contributed by atoms with Gasteiger partial charge < -0.3 is 4.90 Å². The summed E-state index contributed by atoms with van der Waals surface area (Å²) in [5, 5.41) is 13.0. The molecule has 1 aliphatic rings. The van der Waals surface area contributed by atoms with Crippen molar-refractivity contribution in [3.63, 3.8) is 0 Å². The maximum absolute atomic E-state index is 14.7. The number of hydrogen-bond acceptors (Lipinski definition) is 2. The third kappa shape index (κ3) is 9.28. The van der Waals surface area contributed by atoms with Gasteiger partial charge in [0.1, 0.15) is 0 Å². The lowest BCUT2D eigenvalue weighted by Crippen LogP contribution is -2.74. The topological polar surface area (TPSA) is 26.4 Å². The lowest BCUT2D eigenvalue weighted by atomic mass is 9.78. The normalized spacial score (nSPS) is 19.6. The van der Waals surface area contributed by atoms with Crippen LogP contribution in [0.4, 0.5) is 149 Å². The molecule has 0 amide bonds. The molecule has 0 spiro atoms. The van der Waals surface area contributed by atoms with Gasteiger partial charge in [0.05, 0.1) is 0 Å². The third-order valence-corrected chi connectivity index (χ3v) is 10.5. The molecule has 0 aromatic heterocycles. The van der Waals surface area contributed by atoms with E-state index in [1.165, 1.54) is 0 Å². The van der Waals surface area contributed by atoms with Crippen LogP contribution in [0.15, 0.2) is 0 Å². The van der Waals surface area contributed by atoms with Crippen molar-refractivity contribution in [1.29, 1.82) is 0 Å². The van der Waals surface area contributed by atoms with E-state index in [0.29, 0.717) is 0 Å². The van der Waals surface area contributed by atoms with E-state index in [9.17, 15) is 154 Å². The molecule has 0 N–H and O–H groups in total. The molecule has 0 bridgehead atoms. The Morgan fingerprint density at radius 1 is 0.353 bits per heavy atom. The standard InChI is InChI=1S/C31H29F34N2O/c1-14(2)11-13(12-15(3,4)67(14)68)66(9-5-7-16(32,33)18(36,37)20(40,41)22(44,45)24(48,49)26(52,53)28(56,57)30(60,61)62)10-6-8-17(34,35)19(38,39)21(42,43)23(46,47)25(50,51)27(54,55)29(58,59)31(63,64)65/h13H,5-12H2,1-4H3. The maximum Gasteiger partial charge on any atom is 0.460 e. The van der Waals surface area contributed by atoms with Crippen LogP contribution in [-0.2, 0) is 5.21 Å². The molecule has 1 fully saturated rings. The largest absolute Gasteiger partial charge is 0.460 e. The Morgan fingerprint density at radius 2 is 0.544 bits per heavy atom. The van der Waals surface area contributed by atoms with E-state index < -0.39 is 164 Å². The SMILES string of the molecule is CC1(C)CC(N(CCCC(F)(F)C(F)(F)C(F)(F)C(F)(F)C(F)(F)C(F)(F)C(F)(F)C(F)(F)F)CCCC(F)(F)C(F)(F)C(F)(F)C(F)(F)C(F)(F)C(F)(F)C(F)(F)C(F)(F)F)CC(C)(C)N1[O]. The highest BCUT2D eigenvalue weighted by molar-refractivity contribution is 5.17. The molecule has 1 heterocycles. The fraction of sp³-hybridized carbons (Fsp3) is 1.00. The average molecular weight is 1090 g/mol. The molecular formula is C31H29F34N2O. The van der Waals surface area contributed by atoms with E-state index in [0.717, 1.165) is 27.7 Å². The number of piperidine rings is 1. The molecule has 1 rings (SSSR count). The van der Waals surface area contributed by atoms with Gasteiger partial charge in [0.2, 0.25) is 0 Å². The summed E-state index contributed by atoms with van der Waals surface area (Å²) in [7, 11) is 0. The Kier molecular flexibility index (Phi) is 16.2. The first-order valence-corrected chi connectivity index (χ1v) is 17.7. The second-order valence-electron chi connectivity index (χ2n) is 16.5. The Balaban J connectivity index is 3.68. The van der Waals surface area contributed by atoms with E-state index in [1.54, 1.807) is 0 Å². The third-order valence-electron chi connectivity index (χ3n) is 10.5. The van der Waals surface area contributed by atoms with Crippen molar-refractivity contribution in [2.75, 3.05) is 13.1 Å². The minimum Gasteiger partial charge on any atom is -0.300 e. The second-order valence-corrected chi connectivity index (χ2v) is 16.5. The molecular weight excluding hydrogens is 1060 g/mol. The first-order chi connectivity index (χ1) is 29.0. The van der Waals surface area contributed by atoms with Crippen LogP contribution in [0.2, 0.25) is 0 Å². The van der Waals surface area contributed by atoms with Gasteiger partial charge in [-0.25, -0.2) is 0 Å². The van der Waals surface area contributed by atoms with Gasteiger partial charge in [0, 0.05) is 30.0 Å². The number of halogens is 34. The van der Waals surface area contributed by atoms with Crippen molar-refractivity contribution < 1.29 is 154 Å². The van der Waals surface area contributed by atoms with E-state index in [4.69, 9.17) is 0 Å². The van der Waals surface area contributed by atoms with Gasteiger partial charge in [-0.15, -0.1) is 10.3 Å². The van der Waals surface area contributed by atoms with Crippen LogP contribution in [0.5, 0.6) is 0 Å². The van der Waals surface area contributed by atoms with Gasteiger partial charge >= 0.3 is 95.3 Å². The van der Waals surface area contributed by atoms with E-state index in [1.807, 2.05) is 0 Å². The van der Waals surface area contributed by atoms with Crippen molar-refractivity contribution in [2.45, 2.75) is 179 Å². The van der Waals surface area contributed by atoms with Crippen molar-refractivity contribution in [2.24, 2.45) is 0 Å². The zero-order valence-corrected chi connectivity index (χ0v) is 33.4. The molecule has 37 heteroatoms. The van der Waals surface area contributed by atoms with Crippen molar-refractivity contribution in [3.05, 3.63) is 0 Å². The number of rotatable bonds is 21. The van der Waals surface area contributed by atoms with Crippen molar-refractivity contribution >= 4 is 0 Å². The van der Waals surface area contributed by atoms with Crippen LogP contribution in [0.1, 0.15) is 66.2 Å². The summed E-state index contributed by atoms with van der Waals surface area (Å²) < 4.78 is 466. The molecule has 0 aromatic carbocycles. The summed E-state index contributed by atoms with van der Waals surface area (Å²) in [6, 6.07) is -1.71. The first-order valence-electron chi connectivity index (χ1n) is 17.7. The summed E-state index contributed by atoms with van der Waals surface area (Å²) in [4.78, 5) is 0.223. The molecule has 1 aliphatic heterocycles. The lowest BCUT2D eigenvalue weighted by Gasteiger charge is -2.52. The minimum absolute atomic E-state index is 0.223. The van der Waals surface area contributed by atoms with Gasteiger partial charge in [-0.05, 0) is 66.5 Å². The van der Waals surface area contributed by atoms with E-state index in [-0.39, 0.29) is 9.96 Å². The molecule has 0 aromatic rings. The van der Waals surface area contributed by atoms with Gasteiger partial charge in [0.25, 0.3) is 0 Å². The minimum atomic E-state index is -9.01. The Labute approximate surface area is 357 Å². The summed E-state index contributed by atoms with van der Waals surface area (Å²) in [6.07, 6.45) is -28.3. The highest BCUT2D eigenvalue weighted by atomic mass is 19.4. The highest BCUT2D eigenvalue weighted by Crippen LogP contribution is 2.66. The quantitative estimate of drug-likeness (QED) is 0.107. The molecule has 1 saturated heterocycles. The summed E-state index contributed by atoms with van der Waals surface area (Å²) in [5.41, 5.74) is -3.63. The molecule has 68 heavy (non-hydrogen) atoms. The fourth-order valence-corrected chi connectivity index (χ4v) is 6.66. The van der Waals surface area contributed by atoms with Gasteiger partial charge in [-0.2, -0.15) is 149 Å². The number of nitrogens with zero attached hydrogens (tertiary/aromatic N) is 2. The highest BCUT2D eigenvalue weighted by Gasteiger charge is 2.97. The predicted molar refractivity (Wildman–Crippen MR) is 155 cm³/mol. The second kappa shape index (κ2) is 17.3. The number of hydrogen-bond donors (Lipinski definition) is 0. The lowest BCUT2D eigenvalue weighted by molar-refractivity contribution is -0.461. The number of alkyl halides is 34. The fourth-order valence-electron chi connectivity index (χ4n) is 6.66. The Morgan fingerprint density at radius 3 is 0.750 bits per heavy atom. The summed E-state index contributed by atoms with van der Waals surface area (Å²) in [6.45, 7) is 0.559. The molecule has 407 valence electrons. The smallest absolute Gasteiger partial charge is 0.300 e. The number of hydroxylamine groups is 2. The zero-order valence-electron chi connectivity index (χ0n) is 33.4. The van der Waals surface area contributed by atoms with Gasteiger partial charge in [-0.1, -0.05) is 0 Å². The summed E-state index contributed by atoms with van der Waals surface area (Å²) in [5.74, 6) is -119. The molecule has 0 aliphatic carbocycles. The van der Waals surface area contributed by atoms with Gasteiger partial charge in [-0.3, -0.25) is 0 Å². The van der Waals surface area contributed by atoms with Crippen LogP contribution >= 0.6 is 0 Å². The average Bonchev–Trinajstić information content (AvgIpc) is 3.10. The van der Waals surface area contributed by atoms with Crippen molar-refractivity contribution in [1.82, 2.24) is 9.96 Å². The molecule has 0 saturated carbocycles. The predicted octanol–water partition coefficient (Wildman–Crippen LogP) is 14.2. The maximum atomic E-state index is 14.7. The van der Waals surface area contributed by atoms with Gasteiger partial charge in [0.15, 0.2) is 0 Å². The van der Waals surface area contributed by atoms with Crippen LogP contribution in [0, 0.1) is 0 Å². The zero-order chi connectivity index (χ0) is 55.4. The molecule has 3 nitrogen and oxygen atoms in total. The van der Waals surface area contributed by atoms with Crippen molar-refractivity contribution in [3.8, 4) is 0 Å². The van der Waals surface area contributed by atoms with Crippen LogP contribution < -0.4 is 0 Å². The molecule has 1 radical (unpaired) electrons. The van der Waals surface area contributed by atoms with Crippen LogP contribution in [0.3, 0.4) is 0 Å². The molecule has 0 atom stereocenters.